The summed E-state index contributed by atoms with van der Waals surface area (Å²) in [5.74, 6) is 2.57. The van der Waals surface area contributed by atoms with Crippen molar-refractivity contribution in [1.29, 1.82) is 0 Å². The fraction of sp³-hybridized carbons (Fsp3) is 0.917. The number of thioether (sulfide) groups is 1. The minimum atomic E-state index is 0.0569. The van der Waals surface area contributed by atoms with E-state index in [9.17, 15) is 4.79 Å². The Balaban J connectivity index is 1.78. The monoisotopic (exact) mass is 242 g/mol. The van der Waals surface area contributed by atoms with E-state index in [-0.39, 0.29) is 11.9 Å². The van der Waals surface area contributed by atoms with Crippen molar-refractivity contribution in [3.8, 4) is 0 Å². The minimum absolute atomic E-state index is 0.0569. The summed E-state index contributed by atoms with van der Waals surface area (Å²) >= 11 is 1.99. The Hall–Kier alpha value is -0.220. The summed E-state index contributed by atoms with van der Waals surface area (Å²) in [6.07, 6.45) is 4.90. The largest absolute Gasteiger partial charge is 0.352 e. The Labute approximate surface area is 102 Å². The Morgan fingerprint density at radius 1 is 1.31 bits per heavy atom. The van der Waals surface area contributed by atoms with Crippen LogP contribution in [0.2, 0.25) is 0 Å². The predicted octanol–water partition coefficient (Wildman–Crippen LogP) is 1.48. The van der Waals surface area contributed by atoms with Crippen LogP contribution >= 0.6 is 11.8 Å². The van der Waals surface area contributed by atoms with Gasteiger partial charge in [0.15, 0.2) is 0 Å². The zero-order chi connectivity index (χ0) is 11.4. The van der Waals surface area contributed by atoms with Gasteiger partial charge >= 0.3 is 0 Å². The summed E-state index contributed by atoms with van der Waals surface area (Å²) in [5.41, 5.74) is 0. The molecule has 1 saturated carbocycles. The van der Waals surface area contributed by atoms with Gasteiger partial charge in [-0.05, 0) is 19.8 Å². The number of carbonyl (C=O) groups excluding carboxylic acids is 1. The molecule has 92 valence electrons. The molecule has 0 aromatic heterocycles. The average Bonchev–Trinajstić information content (AvgIpc) is 2.82. The van der Waals surface area contributed by atoms with Crippen LogP contribution in [0.5, 0.6) is 0 Å². The second-order valence-electron chi connectivity index (χ2n) is 4.81. The predicted molar refractivity (Wildman–Crippen MR) is 68.8 cm³/mol. The first-order valence-electron chi connectivity index (χ1n) is 6.39. The van der Waals surface area contributed by atoms with Crippen molar-refractivity contribution in [3.63, 3.8) is 0 Å². The first-order valence-corrected chi connectivity index (χ1v) is 7.55. The molecule has 4 heteroatoms. The van der Waals surface area contributed by atoms with Gasteiger partial charge in [-0.3, -0.25) is 9.69 Å². The van der Waals surface area contributed by atoms with Gasteiger partial charge in [-0.1, -0.05) is 12.8 Å². The molecule has 16 heavy (non-hydrogen) atoms. The molecular formula is C12H22N2OS. The van der Waals surface area contributed by atoms with Crippen LogP contribution in [0.25, 0.3) is 0 Å². The normalized spacial score (nSPS) is 25.6. The number of hydrogen-bond donors (Lipinski definition) is 1. The van der Waals surface area contributed by atoms with Crippen LogP contribution < -0.4 is 5.32 Å². The standard InChI is InChI=1S/C12H22N2OS/c1-10(14-6-8-16-9-7-14)12(15)13-11-4-2-3-5-11/h10-11H,2-9H2,1H3,(H,13,15). The SMILES string of the molecule is CC(C(=O)NC1CCCC1)N1CCSCC1. The van der Waals surface area contributed by atoms with Crippen LogP contribution in [0.4, 0.5) is 0 Å². The van der Waals surface area contributed by atoms with Crippen LogP contribution in [-0.2, 0) is 4.79 Å². The molecule has 2 fully saturated rings. The lowest BCUT2D eigenvalue weighted by Gasteiger charge is -2.31. The number of carbonyl (C=O) groups is 1. The number of hydrogen-bond acceptors (Lipinski definition) is 3. The van der Waals surface area contributed by atoms with E-state index < -0.39 is 0 Å². The summed E-state index contributed by atoms with van der Waals surface area (Å²) in [6.45, 7) is 4.16. The molecule has 1 heterocycles. The zero-order valence-corrected chi connectivity index (χ0v) is 10.9. The van der Waals surface area contributed by atoms with Gasteiger partial charge in [0.2, 0.25) is 5.91 Å². The van der Waals surface area contributed by atoms with Crippen LogP contribution in [0.15, 0.2) is 0 Å². The molecule has 1 amide bonds. The summed E-state index contributed by atoms with van der Waals surface area (Å²) in [7, 11) is 0. The average molecular weight is 242 g/mol. The number of nitrogens with zero attached hydrogens (tertiary/aromatic N) is 1. The van der Waals surface area contributed by atoms with Gasteiger partial charge in [0.1, 0.15) is 0 Å². The maximum absolute atomic E-state index is 12.0. The second-order valence-corrected chi connectivity index (χ2v) is 6.04. The summed E-state index contributed by atoms with van der Waals surface area (Å²) < 4.78 is 0. The first kappa shape index (κ1) is 12.2. The van der Waals surface area contributed by atoms with Crippen molar-refractivity contribution < 1.29 is 4.79 Å². The van der Waals surface area contributed by atoms with Gasteiger partial charge in [0.25, 0.3) is 0 Å². The van der Waals surface area contributed by atoms with Gasteiger partial charge in [-0.15, -0.1) is 0 Å². The van der Waals surface area contributed by atoms with Crippen LogP contribution in [0.3, 0.4) is 0 Å². The quantitative estimate of drug-likeness (QED) is 0.813. The summed E-state index contributed by atoms with van der Waals surface area (Å²) in [6, 6.07) is 0.510. The Kier molecular flexibility index (Phi) is 4.53. The third kappa shape index (κ3) is 3.14. The van der Waals surface area contributed by atoms with E-state index >= 15 is 0 Å². The topological polar surface area (TPSA) is 32.3 Å². The van der Waals surface area contributed by atoms with Gasteiger partial charge in [-0.2, -0.15) is 11.8 Å². The smallest absolute Gasteiger partial charge is 0.237 e. The molecule has 1 N–H and O–H groups in total. The second kappa shape index (κ2) is 5.92. The van der Waals surface area contributed by atoms with E-state index in [1.165, 1.54) is 37.2 Å². The highest BCUT2D eigenvalue weighted by Gasteiger charge is 2.25. The number of rotatable bonds is 3. The van der Waals surface area contributed by atoms with Crippen LogP contribution in [-0.4, -0.2) is 47.5 Å². The lowest BCUT2D eigenvalue weighted by atomic mass is 10.2. The van der Waals surface area contributed by atoms with Crippen molar-refractivity contribution in [1.82, 2.24) is 10.2 Å². The third-order valence-electron chi connectivity index (χ3n) is 3.67. The molecule has 0 bridgehead atoms. The molecule has 0 spiro atoms. The highest BCUT2D eigenvalue weighted by Crippen LogP contribution is 2.18. The third-order valence-corrected chi connectivity index (χ3v) is 4.62. The molecule has 1 atom stereocenters. The van der Waals surface area contributed by atoms with Gasteiger partial charge in [0, 0.05) is 30.6 Å². The Bertz CT molecular complexity index is 235. The fourth-order valence-corrected chi connectivity index (χ4v) is 3.45. The van der Waals surface area contributed by atoms with Gasteiger partial charge in [0.05, 0.1) is 6.04 Å². The van der Waals surface area contributed by atoms with Crippen molar-refractivity contribution >= 4 is 17.7 Å². The molecule has 2 aliphatic rings. The van der Waals surface area contributed by atoms with E-state index in [1.807, 2.05) is 18.7 Å². The Morgan fingerprint density at radius 3 is 2.56 bits per heavy atom. The van der Waals surface area contributed by atoms with Crippen molar-refractivity contribution in [2.24, 2.45) is 0 Å². The maximum Gasteiger partial charge on any atom is 0.237 e. The van der Waals surface area contributed by atoms with E-state index in [2.05, 4.69) is 10.2 Å². The van der Waals surface area contributed by atoms with E-state index in [1.54, 1.807) is 0 Å². The lowest BCUT2D eigenvalue weighted by Crippen LogP contribution is -2.50. The summed E-state index contributed by atoms with van der Waals surface area (Å²) in [4.78, 5) is 14.3. The zero-order valence-electron chi connectivity index (χ0n) is 10.1. The Morgan fingerprint density at radius 2 is 1.94 bits per heavy atom. The molecule has 3 nitrogen and oxygen atoms in total. The van der Waals surface area contributed by atoms with Gasteiger partial charge in [-0.25, -0.2) is 0 Å². The number of nitrogens with one attached hydrogen (secondary N) is 1. The van der Waals surface area contributed by atoms with Crippen molar-refractivity contribution in [2.75, 3.05) is 24.6 Å². The first-order chi connectivity index (χ1) is 7.77. The molecule has 0 aromatic carbocycles. The minimum Gasteiger partial charge on any atom is -0.352 e. The molecule has 1 saturated heterocycles. The van der Waals surface area contributed by atoms with Crippen molar-refractivity contribution in [3.05, 3.63) is 0 Å². The molecule has 1 aliphatic heterocycles. The van der Waals surface area contributed by atoms with Crippen molar-refractivity contribution in [2.45, 2.75) is 44.7 Å². The van der Waals surface area contributed by atoms with E-state index in [4.69, 9.17) is 0 Å². The summed E-state index contributed by atoms with van der Waals surface area (Å²) in [5, 5.41) is 3.19. The molecule has 2 rings (SSSR count). The molecule has 0 aromatic rings. The fourth-order valence-electron chi connectivity index (χ4n) is 2.52. The van der Waals surface area contributed by atoms with Gasteiger partial charge < -0.3 is 5.32 Å². The molecule has 0 radical (unpaired) electrons. The van der Waals surface area contributed by atoms with Crippen LogP contribution in [0.1, 0.15) is 32.6 Å². The van der Waals surface area contributed by atoms with Crippen LogP contribution in [0, 0.1) is 0 Å². The highest BCUT2D eigenvalue weighted by molar-refractivity contribution is 7.99. The molecular weight excluding hydrogens is 220 g/mol. The van der Waals surface area contributed by atoms with E-state index in [0.717, 1.165) is 13.1 Å². The lowest BCUT2D eigenvalue weighted by molar-refractivity contribution is -0.126. The maximum atomic E-state index is 12.0. The number of amides is 1. The van der Waals surface area contributed by atoms with E-state index in [0.29, 0.717) is 6.04 Å². The molecule has 1 aliphatic carbocycles. The highest BCUT2D eigenvalue weighted by atomic mass is 32.2. The molecule has 1 unspecified atom stereocenters.